The van der Waals surface area contributed by atoms with Crippen LogP contribution in [0.15, 0.2) is 29.2 Å². The molecular formula is C9H11ClN2O3S. The highest BCUT2D eigenvalue weighted by Gasteiger charge is 2.39. The minimum absolute atomic E-state index is 0. The van der Waals surface area contributed by atoms with Crippen LogP contribution < -0.4 is 5.73 Å². The van der Waals surface area contributed by atoms with E-state index in [4.69, 9.17) is 5.73 Å². The van der Waals surface area contributed by atoms with E-state index < -0.39 is 15.9 Å². The summed E-state index contributed by atoms with van der Waals surface area (Å²) < 4.78 is 24.5. The molecule has 0 radical (unpaired) electrons. The van der Waals surface area contributed by atoms with Crippen molar-refractivity contribution in [2.24, 2.45) is 5.73 Å². The minimum Gasteiger partial charge on any atom is -0.329 e. The number of benzene rings is 1. The first-order valence-corrected chi connectivity index (χ1v) is 5.89. The number of sulfonamides is 1. The summed E-state index contributed by atoms with van der Waals surface area (Å²) in [5.41, 5.74) is 5.50. The maximum atomic E-state index is 11.8. The SMILES string of the molecule is Cl.NCCN1C(=O)c2ccccc2S1(=O)=O. The monoisotopic (exact) mass is 262 g/mol. The van der Waals surface area contributed by atoms with Crippen LogP contribution in [0.2, 0.25) is 0 Å². The van der Waals surface area contributed by atoms with Crippen LogP contribution in [0.4, 0.5) is 0 Å². The summed E-state index contributed by atoms with van der Waals surface area (Å²) in [6.07, 6.45) is 0. The van der Waals surface area contributed by atoms with E-state index in [9.17, 15) is 13.2 Å². The number of nitrogens with zero attached hydrogens (tertiary/aromatic N) is 1. The third kappa shape index (κ3) is 1.68. The normalized spacial score (nSPS) is 16.8. The van der Waals surface area contributed by atoms with Crippen LogP contribution in [0.3, 0.4) is 0 Å². The van der Waals surface area contributed by atoms with Gasteiger partial charge in [-0.05, 0) is 12.1 Å². The second kappa shape index (κ2) is 4.40. The lowest BCUT2D eigenvalue weighted by molar-refractivity contribution is 0.0873. The van der Waals surface area contributed by atoms with Crippen molar-refractivity contribution in [3.63, 3.8) is 0 Å². The molecule has 16 heavy (non-hydrogen) atoms. The molecule has 1 aliphatic rings. The topological polar surface area (TPSA) is 80.5 Å². The van der Waals surface area contributed by atoms with Gasteiger partial charge in [-0.1, -0.05) is 12.1 Å². The van der Waals surface area contributed by atoms with Gasteiger partial charge in [0, 0.05) is 13.1 Å². The van der Waals surface area contributed by atoms with Crippen molar-refractivity contribution in [2.45, 2.75) is 4.90 Å². The smallest absolute Gasteiger partial charge is 0.269 e. The first kappa shape index (κ1) is 13.0. The standard InChI is InChI=1S/C9H10N2O3S.ClH/c10-5-6-11-9(12)7-3-1-2-4-8(7)15(11,13)14;/h1-4H,5-6,10H2;1H. The maximum Gasteiger partial charge on any atom is 0.269 e. The fourth-order valence-corrected chi connectivity index (χ4v) is 3.15. The van der Waals surface area contributed by atoms with E-state index in [1.54, 1.807) is 12.1 Å². The van der Waals surface area contributed by atoms with Gasteiger partial charge in [-0.25, -0.2) is 12.7 Å². The Morgan fingerprint density at radius 3 is 2.44 bits per heavy atom. The average Bonchev–Trinajstić information content (AvgIpc) is 2.41. The molecule has 1 amide bonds. The Kier molecular flexibility index (Phi) is 3.57. The largest absolute Gasteiger partial charge is 0.329 e. The first-order valence-electron chi connectivity index (χ1n) is 4.45. The molecule has 2 rings (SSSR count). The highest BCUT2D eigenvalue weighted by atomic mass is 35.5. The van der Waals surface area contributed by atoms with E-state index in [2.05, 4.69) is 0 Å². The zero-order chi connectivity index (χ0) is 11.1. The molecular weight excluding hydrogens is 252 g/mol. The van der Waals surface area contributed by atoms with Gasteiger partial charge in [-0.15, -0.1) is 12.4 Å². The van der Waals surface area contributed by atoms with Crippen LogP contribution in [-0.4, -0.2) is 31.7 Å². The van der Waals surface area contributed by atoms with E-state index in [1.807, 2.05) is 0 Å². The predicted octanol–water partition coefficient (Wildman–Crippen LogP) is 0.212. The van der Waals surface area contributed by atoms with Gasteiger partial charge >= 0.3 is 0 Å². The van der Waals surface area contributed by atoms with Crippen LogP contribution in [0.25, 0.3) is 0 Å². The number of carbonyl (C=O) groups excluding carboxylic acids is 1. The summed E-state index contributed by atoms with van der Waals surface area (Å²) in [6, 6.07) is 6.17. The van der Waals surface area contributed by atoms with Crippen molar-refractivity contribution in [2.75, 3.05) is 13.1 Å². The number of halogens is 1. The Bertz CT molecular complexity index is 515. The zero-order valence-corrected chi connectivity index (χ0v) is 9.92. The Morgan fingerprint density at radius 1 is 1.25 bits per heavy atom. The average molecular weight is 263 g/mol. The number of hydrogen-bond acceptors (Lipinski definition) is 4. The molecule has 88 valence electrons. The second-order valence-electron chi connectivity index (χ2n) is 3.17. The van der Waals surface area contributed by atoms with Gasteiger partial charge in [0.05, 0.1) is 5.56 Å². The number of rotatable bonds is 2. The van der Waals surface area contributed by atoms with E-state index >= 15 is 0 Å². The van der Waals surface area contributed by atoms with Gasteiger partial charge in [0.2, 0.25) is 0 Å². The summed E-state index contributed by atoms with van der Waals surface area (Å²) in [7, 11) is -3.65. The molecule has 0 spiro atoms. The van der Waals surface area contributed by atoms with Gasteiger partial charge in [0.15, 0.2) is 0 Å². The Labute approximate surface area is 99.7 Å². The fourth-order valence-electron chi connectivity index (χ4n) is 1.57. The summed E-state index contributed by atoms with van der Waals surface area (Å²) in [4.78, 5) is 11.8. The molecule has 0 unspecified atom stereocenters. The fraction of sp³-hybridized carbons (Fsp3) is 0.222. The number of amides is 1. The first-order chi connectivity index (χ1) is 7.09. The molecule has 0 saturated heterocycles. The number of hydrogen-bond donors (Lipinski definition) is 1. The van der Waals surface area contributed by atoms with Gasteiger partial charge in [0.25, 0.3) is 15.9 Å². The van der Waals surface area contributed by atoms with Crippen molar-refractivity contribution in [1.82, 2.24) is 4.31 Å². The van der Waals surface area contributed by atoms with Gasteiger partial charge < -0.3 is 5.73 Å². The van der Waals surface area contributed by atoms with E-state index in [1.165, 1.54) is 12.1 Å². The molecule has 0 saturated carbocycles. The van der Waals surface area contributed by atoms with Gasteiger partial charge in [-0.2, -0.15) is 0 Å². The Balaban J connectivity index is 0.00000128. The lowest BCUT2D eigenvalue weighted by Gasteiger charge is -2.12. The van der Waals surface area contributed by atoms with Crippen LogP contribution in [0.5, 0.6) is 0 Å². The molecule has 1 heterocycles. The Hall–Kier alpha value is -1.11. The van der Waals surface area contributed by atoms with Crippen molar-refractivity contribution in [3.05, 3.63) is 29.8 Å². The minimum atomic E-state index is -3.65. The van der Waals surface area contributed by atoms with E-state index in [0.717, 1.165) is 4.31 Å². The third-order valence-electron chi connectivity index (χ3n) is 2.24. The quantitative estimate of drug-likeness (QED) is 0.826. The molecule has 2 N–H and O–H groups in total. The van der Waals surface area contributed by atoms with Crippen LogP contribution in [0.1, 0.15) is 10.4 Å². The Morgan fingerprint density at radius 2 is 1.88 bits per heavy atom. The van der Waals surface area contributed by atoms with Crippen LogP contribution in [-0.2, 0) is 10.0 Å². The summed E-state index contributed by atoms with van der Waals surface area (Å²) in [5, 5.41) is 0. The summed E-state index contributed by atoms with van der Waals surface area (Å²) in [6.45, 7) is 0.148. The van der Waals surface area contributed by atoms with E-state index in [0.29, 0.717) is 0 Å². The molecule has 5 nitrogen and oxygen atoms in total. The second-order valence-corrected chi connectivity index (χ2v) is 5.00. The molecule has 0 aliphatic carbocycles. The van der Waals surface area contributed by atoms with Crippen molar-refractivity contribution < 1.29 is 13.2 Å². The van der Waals surface area contributed by atoms with Gasteiger partial charge in [0.1, 0.15) is 4.90 Å². The van der Waals surface area contributed by atoms with Crippen LogP contribution in [0, 0.1) is 0 Å². The highest BCUT2D eigenvalue weighted by molar-refractivity contribution is 7.90. The summed E-state index contributed by atoms with van der Waals surface area (Å²) in [5.74, 6) is -0.490. The number of carbonyl (C=O) groups is 1. The van der Waals surface area contributed by atoms with Crippen molar-refractivity contribution in [1.29, 1.82) is 0 Å². The van der Waals surface area contributed by atoms with Crippen LogP contribution >= 0.6 is 12.4 Å². The van der Waals surface area contributed by atoms with Crippen molar-refractivity contribution in [3.8, 4) is 0 Å². The zero-order valence-electron chi connectivity index (χ0n) is 8.29. The maximum absolute atomic E-state index is 11.8. The summed E-state index contributed by atoms with van der Waals surface area (Å²) >= 11 is 0. The highest BCUT2D eigenvalue weighted by Crippen LogP contribution is 2.29. The molecule has 1 aromatic rings. The van der Waals surface area contributed by atoms with Crippen molar-refractivity contribution >= 4 is 28.3 Å². The number of nitrogens with two attached hydrogens (primary N) is 1. The molecule has 1 aliphatic heterocycles. The van der Waals surface area contributed by atoms with E-state index in [-0.39, 0.29) is 36.0 Å². The molecule has 0 fully saturated rings. The van der Waals surface area contributed by atoms with Gasteiger partial charge in [-0.3, -0.25) is 4.79 Å². The molecule has 1 aromatic carbocycles. The molecule has 0 aromatic heterocycles. The lowest BCUT2D eigenvalue weighted by Crippen LogP contribution is -2.34. The third-order valence-corrected chi connectivity index (χ3v) is 4.08. The molecule has 0 bridgehead atoms. The lowest BCUT2D eigenvalue weighted by atomic mass is 10.2. The number of fused-ring (bicyclic) bond motifs is 1. The predicted molar refractivity (Wildman–Crippen MR) is 61.0 cm³/mol. The molecule has 7 heteroatoms. The molecule has 0 atom stereocenters.